The fourth-order valence-corrected chi connectivity index (χ4v) is 5.09. The first kappa shape index (κ1) is 25.5. The van der Waals surface area contributed by atoms with Crippen molar-refractivity contribution in [1.82, 2.24) is 9.88 Å². The third-order valence-corrected chi connectivity index (χ3v) is 6.89. The summed E-state index contributed by atoms with van der Waals surface area (Å²) in [5.74, 6) is -3.19. The van der Waals surface area contributed by atoms with Gasteiger partial charge in [-0.05, 0) is 55.7 Å². The monoisotopic (exact) mass is 487 g/mol. The van der Waals surface area contributed by atoms with Crippen molar-refractivity contribution < 1.29 is 23.4 Å². The Morgan fingerprint density at radius 2 is 2.09 bits per heavy atom. The molecule has 1 unspecified atom stereocenters. The number of rotatable bonds is 11. The summed E-state index contributed by atoms with van der Waals surface area (Å²) >= 11 is 0. The second kappa shape index (κ2) is 11.4. The highest BCUT2D eigenvalue weighted by Gasteiger charge is 2.38. The van der Waals surface area contributed by atoms with Crippen LogP contribution >= 0.6 is 0 Å². The second-order valence-electron chi connectivity index (χ2n) is 9.64. The van der Waals surface area contributed by atoms with Crippen molar-refractivity contribution in [3.8, 4) is 0 Å². The van der Waals surface area contributed by atoms with Crippen LogP contribution in [0.25, 0.3) is 0 Å². The summed E-state index contributed by atoms with van der Waals surface area (Å²) < 4.78 is 34.2. The molecular formula is C27H35F2N3O3. The minimum absolute atomic E-state index is 0.0838. The van der Waals surface area contributed by atoms with Gasteiger partial charge in [0.05, 0.1) is 6.10 Å². The first-order valence-corrected chi connectivity index (χ1v) is 12.6. The summed E-state index contributed by atoms with van der Waals surface area (Å²) in [4.78, 5) is 18.5. The summed E-state index contributed by atoms with van der Waals surface area (Å²) in [6, 6.07) is 9.14. The van der Waals surface area contributed by atoms with E-state index in [2.05, 4.69) is 17.4 Å². The zero-order valence-corrected chi connectivity index (χ0v) is 20.3. The molecule has 1 aromatic carbocycles. The molecule has 35 heavy (non-hydrogen) atoms. The molecule has 0 saturated carbocycles. The topological polar surface area (TPSA) is 74.7 Å². The van der Waals surface area contributed by atoms with Crippen LogP contribution in [0.2, 0.25) is 0 Å². The van der Waals surface area contributed by atoms with E-state index in [1.807, 2.05) is 0 Å². The Morgan fingerprint density at radius 1 is 1.26 bits per heavy atom. The maximum absolute atomic E-state index is 14.1. The first-order chi connectivity index (χ1) is 16.8. The van der Waals surface area contributed by atoms with Gasteiger partial charge in [0, 0.05) is 44.4 Å². The Morgan fingerprint density at radius 3 is 2.89 bits per heavy atom. The molecule has 0 spiro atoms. The third-order valence-electron chi connectivity index (χ3n) is 6.89. The van der Waals surface area contributed by atoms with E-state index < -0.39 is 17.9 Å². The highest BCUT2D eigenvalue weighted by Crippen LogP contribution is 2.36. The van der Waals surface area contributed by atoms with E-state index in [-0.39, 0.29) is 17.2 Å². The molecule has 4 rings (SSSR count). The van der Waals surface area contributed by atoms with E-state index in [0.717, 1.165) is 63.5 Å². The van der Waals surface area contributed by atoms with Gasteiger partial charge in [0.25, 0.3) is 5.92 Å². The number of aromatic nitrogens is 1. The Hall–Kier alpha value is -2.58. The van der Waals surface area contributed by atoms with Gasteiger partial charge in [-0.25, -0.2) is 13.8 Å². The van der Waals surface area contributed by atoms with Crippen molar-refractivity contribution in [3.05, 3.63) is 58.8 Å². The summed E-state index contributed by atoms with van der Waals surface area (Å²) in [7, 11) is 0. The summed E-state index contributed by atoms with van der Waals surface area (Å²) in [6.07, 6.45) is 6.79. The van der Waals surface area contributed by atoms with Crippen LogP contribution in [0.5, 0.6) is 0 Å². The lowest BCUT2D eigenvalue weighted by Gasteiger charge is -2.27. The zero-order valence-electron chi connectivity index (χ0n) is 20.3. The Balaban J connectivity index is 1.21. The molecule has 3 heterocycles. The van der Waals surface area contributed by atoms with Crippen LogP contribution in [-0.4, -0.2) is 53.3 Å². The largest absolute Gasteiger partial charge is 0.480 e. The molecule has 2 aromatic rings. The number of aliphatic carboxylic acids is 1. The molecule has 2 aliphatic heterocycles. The number of fused-ring (bicyclic) bond motifs is 1. The van der Waals surface area contributed by atoms with Crippen LogP contribution in [0.3, 0.4) is 0 Å². The molecule has 0 bridgehead atoms. The SMILES string of the molecule is CC(F)(F)c1ccccc1C(C(=O)O)N1CC[C@@H](OCCCCCc2ccc3c(n2)NCCC3)C1. The number of nitrogens with one attached hydrogen (secondary N) is 1. The van der Waals surface area contributed by atoms with Gasteiger partial charge in [0.15, 0.2) is 0 Å². The van der Waals surface area contributed by atoms with Crippen molar-refractivity contribution in [3.63, 3.8) is 0 Å². The molecule has 1 aromatic heterocycles. The maximum Gasteiger partial charge on any atom is 0.325 e. The molecule has 1 saturated heterocycles. The van der Waals surface area contributed by atoms with Crippen molar-refractivity contribution >= 4 is 11.8 Å². The number of unbranched alkanes of at least 4 members (excludes halogenated alkanes) is 2. The molecule has 0 amide bonds. The Labute approximate surface area is 205 Å². The van der Waals surface area contributed by atoms with Crippen LogP contribution < -0.4 is 5.32 Å². The van der Waals surface area contributed by atoms with Gasteiger partial charge in [-0.3, -0.25) is 9.69 Å². The quantitative estimate of drug-likeness (QED) is 0.426. The lowest BCUT2D eigenvalue weighted by molar-refractivity contribution is -0.143. The number of nitrogens with zero attached hydrogens (tertiary/aromatic N) is 2. The lowest BCUT2D eigenvalue weighted by atomic mass is 9.95. The number of alkyl halides is 2. The van der Waals surface area contributed by atoms with Crippen molar-refractivity contribution in [2.45, 2.75) is 69.9 Å². The number of hydrogen-bond acceptors (Lipinski definition) is 5. The van der Waals surface area contributed by atoms with E-state index >= 15 is 0 Å². The van der Waals surface area contributed by atoms with Crippen LogP contribution in [0.15, 0.2) is 36.4 Å². The normalized spacial score (nSPS) is 19.2. The van der Waals surface area contributed by atoms with Gasteiger partial charge in [0.1, 0.15) is 11.9 Å². The number of benzene rings is 1. The molecule has 2 N–H and O–H groups in total. The van der Waals surface area contributed by atoms with Crippen LogP contribution in [0, 0.1) is 0 Å². The number of pyridine rings is 1. The van der Waals surface area contributed by atoms with Gasteiger partial charge in [-0.15, -0.1) is 0 Å². The van der Waals surface area contributed by atoms with Crippen LogP contribution in [-0.2, 0) is 28.3 Å². The number of anilines is 1. The predicted molar refractivity (Wildman–Crippen MR) is 131 cm³/mol. The number of likely N-dealkylation sites (tertiary alicyclic amines) is 1. The number of carbonyl (C=O) groups is 1. The number of ether oxygens (including phenoxy) is 1. The Kier molecular flexibility index (Phi) is 8.34. The van der Waals surface area contributed by atoms with Crippen LogP contribution in [0.4, 0.5) is 14.6 Å². The third kappa shape index (κ3) is 6.55. The van der Waals surface area contributed by atoms with Crippen molar-refractivity contribution in [2.75, 3.05) is 31.6 Å². The fourth-order valence-electron chi connectivity index (χ4n) is 5.09. The highest BCUT2D eigenvalue weighted by molar-refractivity contribution is 5.76. The maximum atomic E-state index is 14.1. The lowest BCUT2D eigenvalue weighted by Crippen LogP contribution is -2.35. The molecule has 6 nitrogen and oxygen atoms in total. The van der Waals surface area contributed by atoms with E-state index in [1.54, 1.807) is 11.0 Å². The number of carboxylic acids is 1. The van der Waals surface area contributed by atoms with E-state index in [9.17, 15) is 18.7 Å². The average Bonchev–Trinajstić information content (AvgIpc) is 3.29. The van der Waals surface area contributed by atoms with Gasteiger partial charge < -0.3 is 15.2 Å². The smallest absolute Gasteiger partial charge is 0.325 e. The predicted octanol–water partition coefficient (Wildman–Crippen LogP) is 5.18. The molecule has 2 atom stereocenters. The van der Waals surface area contributed by atoms with Gasteiger partial charge in [0.2, 0.25) is 0 Å². The number of halogens is 2. The molecular weight excluding hydrogens is 452 g/mol. The standard InChI is InChI=1S/C27H35F2N3O3/c1-27(28,29)23-11-5-4-10-22(23)24(26(33)34)32-16-14-21(18-32)35-17-6-2-3-9-20-13-12-19-8-7-15-30-25(19)31-20/h4-5,10-13,21,24H,2-3,6-9,14-18H2,1H3,(H,30,31)(H,33,34)/t21-,24?/m1/s1. The first-order valence-electron chi connectivity index (χ1n) is 12.6. The molecule has 0 aliphatic carbocycles. The number of carboxylic acid groups (broad SMARTS) is 1. The van der Waals surface area contributed by atoms with E-state index in [1.165, 1.54) is 23.8 Å². The fraction of sp³-hybridized carbons (Fsp3) is 0.556. The van der Waals surface area contributed by atoms with Gasteiger partial charge in [-0.1, -0.05) is 36.8 Å². The molecule has 0 radical (unpaired) electrons. The molecule has 2 aliphatic rings. The minimum atomic E-state index is -3.11. The number of aryl methyl sites for hydroxylation is 2. The zero-order chi connectivity index (χ0) is 24.8. The van der Waals surface area contributed by atoms with E-state index in [0.29, 0.717) is 26.1 Å². The van der Waals surface area contributed by atoms with Crippen molar-refractivity contribution in [1.29, 1.82) is 0 Å². The second-order valence-corrected chi connectivity index (χ2v) is 9.64. The molecule has 1 fully saturated rings. The molecule has 8 heteroatoms. The summed E-state index contributed by atoms with van der Waals surface area (Å²) in [5, 5.41) is 13.2. The molecule has 190 valence electrons. The Bertz CT molecular complexity index is 1010. The average molecular weight is 488 g/mol. The van der Waals surface area contributed by atoms with Crippen LogP contribution in [0.1, 0.15) is 67.5 Å². The summed E-state index contributed by atoms with van der Waals surface area (Å²) in [5.41, 5.74) is 2.33. The summed E-state index contributed by atoms with van der Waals surface area (Å²) in [6.45, 7) is 3.33. The van der Waals surface area contributed by atoms with Crippen molar-refractivity contribution in [2.24, 2.45) is 0 Å². The minimum Gasteiger partial charge on any atom is -0.480 e. The highest BCUT2D eigenvalue weighted by atomic mass is 19.3. The number of hydrogen-bond donors (Lipinski definition) is 2. The van der Waals surface area contributed by atoms with E-state index in [4.69, 9.17) is 9.72 Å². The van der Waals surface area contributed by atoms with Gasteiger partial charge >= 0.3 is 5.97 Å². The van der Waals surface area contributed by atoms with Gasteiger partial charge in [-0.2, -0.15) is 0 Å².